The van der Waals surface area contributed by atoms with E-state index in [9.17, 15) is 5.11 Å². The molecule has 2 nitrogen and oxygen atoms in total. The number of nitrogens with two attached hydrogens (primary N) is 1. The normalized spacial score (nSPS) is 12.8. The summed E-state index contributed by atoms with van der Waals surface area (Å²) in [5, 5.41) is 9.56. The van der Waals surface area contributed by atoms with E-state index in [4.69, 9.17) is 5.73 Å². The van der Waals surface area contributed by atoms with Gasteiger partial charge in [-0.25, -0.2) is 0 Å². The van der Waals surface area contributed by atoms with Crippen LogP contribution in [0.25, 0.3) is 0 Å². The van der Waals surface area contributed by atoms with Crippen LogP contribution in [0.5, 0.6) is 0 Å². The Labute approximate surface area is 95.9 Å². The summed E-state index contributed by atoms with van der Waals surface area (Å²) in [7, 11) is 0. The van der Waals surface area contributed by atoms with Crippen molar-refractivity contribution in [2.24, 2.45) is 5.73 Å². The molecular formula is C12H19NOS. The maximum absolute atomic E-state index is 9.56. The number of aliphatic hydroxyl groups excluding tert-OH is 1. The fourth-order valence-electron chi connectivity index (χ4n) is 1.42. The molecule has 1 atom stereocenters. The highest BCUT2D eigenvalue weighted by Gasteiger charge is 2.05. The van der Waals surface area contributed by atoms with Gasteiger partial charge in [-0.05, 0) is 38.4 Å². The lowest BCUT2D eigenvalue weighted by Crippen LogP contribution is -2.15. The minimum absolute atomic E-state index is 0.291. The molecule has 0 bridgehead atoms. The van der Waals surface area contributed by atoms with E-state index in [1.165, 1.54) is 16.0 Å². The van der Waals surface area contributed by atoms with Crippen LogP contribution in [-0.2, 0) is 0 Å². The lowest BCUT2D eigenvalue weighted by molar-refractivity contribution is 0.192. The molecule has 3 heteroatoms. The first-order valence-corrected chi connectivity index (χ1v) is 6.20. The van der Waals surface area contributed by atoms with Crippen LogP contribution in [0.1, 0.15) is 17.5 Å². The predicted molar refractivity (Wildman–Crippen MR) is 66.3 cm³/mol. The third kappa shape index (κ3) is 4.24. The number of benzene rings is 1. The second-order valence-electron chi connectivity index (χ2n) is 3.81. The van der Waals surface area contributed by atoms with E-state index in [0.29, 0.717) is 13.0 Å². The van der Waals surface area contributed by atoms with Crippen molar-refractivity contribution >= 4 is 11.8 Å². The standard InChI is InChI=1S/C12H19NOS/c1-9-3-4-12(10(2)7-9)15-8-11(14)5-6-13/h3-4,7,11,14H,5-6,8,13H2,1-2H3. The Morgan fingerprint density at radius 1 is 1.40 bits per heavy atom. The number of aryl methyl sites for hydroxylation is 2. The van der Waals surface area contributed by atoms with E-state index in [2.05, 4.69) is 32.0 Å². The number of hydrogen-bond donors (Lipinski definition) is 2. The van der Waals surface area contributed by atoms with E-state index in [-0.39, 0.29) is 6.10 Å². The van der Waals surface area contributed by atoms with Gasteiger partial charge in [-0.1, -0.05) is 17.7 Å². The fourth-order valence-corrected chi connectivity index (χ4v) is 2.41. The smallest absolute Gasteiger partial charge is 0.0646 e. The van der Waals surface area contributed by atoms with Gasteiger partial charge in [0.2, 0.25) is 0 Å². The minimum atomic E-state index is -0.291. The zero-order valence-electron chi connectivity index (χ0n) is 9.36. The molecule has 1 unspecified atom stereocenters. The Balaban J connectivity index is 2.50. The van der Waals surface area contributed by atoms with E-state index in [1.54, 1.807) is 11.8 Å². The average molecular weight is 225 g/mol. The van der Waals surface area contributed by atoms with Crippen LogP contribution in [0.2, 0.25) is 0 Å². The van der Waals surface area contributed by atoms with E-state index in [1.807, 2.05) is 0 Å². The van der Waals surface area contributed by atoms with Crippen LogP contribution < -0.4 is 5.73 Å². The lowest BCUT2D eigenvalue weighted by atomic mass is 10.2. The summed E-state index contributed by atoms with van der Waals surface area (Å²) in [6, 6.07) is 6.38. The van der Waals surface area contributed by atoms with Gasteiger partial charge in [-0.3, -0.25) is 0 Å². The monoisotopic (exact) mass is 225 g/mol. The van der Waals surface area contributed by atoms with Crippen LogP contribution in [0.4, 0.5) is 0 Å². The van der Waals surface area contributed by atoms with Crippen molar-refractivity contribution in [1.29, 1.82) is 0 Å². The van der Waals surface area contributed by atoms with Crippen LogP contribution in [0.15, 0.2) is 23.1 Å². The Hall–Kier alpha value is -0.510. The van der Waals surface area contributed by atoms with Crippen molar-refractivity contribution in [3.63, 3.8) is 0 Å². The second kappa shape index (κ2) is 6.16. The SMILES string of the molecule is Cc1ccc(SCC(O)CCN)c(C)c1. The molecule has 0 saturated heterocycles. The number of aliphatic hydroxyl groups is 1. The first-order valence-electron chi connectivity index (χ1n) is 5.21. The van der Waals surface area contributed by atoms with Gasteiger partial charge in [0, 0.05) is 10.6 Å². The van der Waals surface area contributed by atoms with Gasteiger partial charge in [-0.15, -0.1) is 11.8 Å². The molecule has 0 fully saturated rings. The molecule has 0 radical (unpaired) electrons. The summed E-state index contributed by atoms with van der Waals surface area (Å²) < 4.78 is 0. The maximum Gasteiger partial charge on any atom is 0.0646 e. The van der Waals surface area contributed by atoms with Gasteiger partial charge in [-0.2, -0.15) is 0 Å². The van der Waals surface area contributed by atoms with E-state index in [0.717, 1.165) is 5.75 Å². The molecule has 1 aromatic carbocycles. The van der Waals surface area contributed by atoms with Crippen molar-refractivity contribution < 1.29 is 5.11 Å². The molecule has 1 aromatic rings. The molecule has 0 aromatic heterocycles. The summed E-state index contributed by atoms with van der Waals surface area (Å²) in [5.74, 6) is 0.723. The first-order chi connectivity index (χ1) is 7.13. The molecule has 3 N–H and O–H groups in total. The van der Waals surface area contributed by atoms with Crippen LogP contribution in [-0.4, -0.2) is 23.5 Å². The lowest BCUT2D eigenvalue weighted by Gasteiger charge is -2.10. The van der Waals surface area contributed by atoms with Crippen molar-refractivity contribution in [1.82, 2.24) is 0 Å². The number of hydrogen-bond acceptors (Lipinski definition) is 3. The fraction of sp³-hybridized carbons (Fsp3) is 0.500. The van der Waals surface area contributed by atoms with Crippen molar-refractivity contribution in [2.75, 3.05) is 12.3 Å². The van der Waals surface area contributed by atoms with Crippen molar-refractivity contribution in [2.45, 2.75) is 31.3 Å². The van der Waals surface area contributed by atoms with E-state index < -0.39 is 0 Å². The second-order valence-corrected chi connectivity index (χ2v) is 4.87. The largest absolute Gasteiger partial charge is 0.392 e. The Kier molecular flexibility index (Phi) is 5.15. The van der Waals surface area contributed by atoms with Gasteiger partial charge in [0.15, 0.2) is 0 Å². The zero-order chi connectivity index (χ0) is 11.3. The third-order valence-corrected chi connectivity index (χ3v) is 3.58. The predicted octanol–water partition coefficient (Wildman–Crippen LogP) is 2.11. The highest BCUT2D eigenvalue weighted by Crippen LogP contribution is 2.24. The Morgan fingerprint density at radius 2 is 2.13 bits per heavy atom. The van der Waals surface area contributed by atoms with Gasteiger partial charge < -0.3 is 10.8 Å². The van der Waals surface area contributed by atoms with Gasteiger partial charge in [0.25, 0.3) is 0 Å². The zero-order valence-corrected chi connectivity index (χ0v) is 10.2. The molecule has 0 aliphatic heterocycles. The van der Waals surface area contributed by atoms with Gasteiger partial charge in [0.05, 0.1) is 6.10 Å². The minimum Gasteiger partial charge on any atom is -0.392 e. The molecule has 0 aliphatic carbocycles. The summed E-state index contributed by atoms with van der Waals surface area (Å²) >= 11 is 1.70. The molecule has 0 spiro atoms. The summed E-state index contributed by atoms with van der Waals surface area (Å²) in [4.78, 5) is 1.25. The number of thioether (sulfide) groups is 1. The Bertz CT molecular complexity index is 314. The molecule has 0 saturated carbocycles. The van der Waals surface area contributed by atoms with Crippen molar-refractivity contribution in [3.8, 4) is 0 Å². The highest BCUT2D eigenvalue weighted by molar-refractivity contribution is 7.99. The van der Waals surface area contributed by atoms with Crippen molar-refractivity contribution in [3.05, 3.63) is 29.3 Å². The molecular weight excluding hydrogens is 206 g/mol. The third-order valence-electron chi connectivity index (χ3n) is 2.26. The summed E-state index contributed by atoms with van der Waals surface area (Å²) in [6.07, 6.45) is 0.387. The highest BCUT2D eigenvalue weighted by atomic mass is 32.2. The van der Waals surface area contributed by atoms with Gasteiger partial charge >= 0.3 is 0 Å². The molecule has 84 valence electrons. The molecule has 0 aliphatic rings. The Morgan fingerprint density at radius 3 is 2.73 bits per heavy atom. The quantitative estimate of drug-likeness (QED) is 0.754. The molecule has 0 heterocycles. The number of rotatable bonds is 5. The maximum atomic E-state index is 9.56. The molecule has 1 rings (SSSR count). The van der Waals surface area contributed by atoms with Crippen LogP contribution >= 0.6 is 11.8 Å². The topological polar surface area (TPSA) is 46.2 Å². The average Bonchev–Trinajstić information content (AvgIpc) is 2.17. The van der Waals surface area contributed by atoms with E-state index >= 15 is 0 Å². The summed E-state index contributed by atoms with van der Waals surface area (Å²) in [6.45, 7) is 4.74. The molecule has 0 amide bonds. The first kappa shape index (κ1) is 12.6. The summed E-state index contributed by atoms with van der Waals surface area (Å²) in [5.41, 5.74) is 7.93. The van der Waals surface area contributed by atoms with Crippen LogP contribution in [0.3, 0.4) is 0 Å². The van der Waals surface area contributed by atoms with Gasteiger partial charge in [0.1, 0.15) is 0 Å². The molecule has 15 heavy (non-hydrogen) atoms. The van der Waals surface area contributed by atoms with Crippen LogP contribution in [0, 0.1) is 13.8 Å².